The van der Waals surface area contributed by atoms with Gasteiger partial charge in [0.05, 0.1) is 24.8 Å². The number of ether oxygens (including phenoxy) is 2. The topological polar surface area (TPSA) is 84.9 Å². The Bertz CT molecular complexity index is 1010. The van der Waals surface area contributed by atoms with Crippen LogP contribution in [0.2, 0.25) is 0 Å². The van der Waals surface area contributed by atoms with Crippen LogP contribution in [-0.4, -0.2) is 42.7 Å². The van der Waals surface area contributed by atoms with Gasteiger partial charge in [0, 0.05) is 4.47 Å². The van der Waals surface area contributed by atoms with Crippen molar-refractivity contribution in [2.24, 2.45) is 0 Å². The lowest BCUT2D eigenvalue weighted by Crippen LogP contribution is -2.36. The number of amides is 3. The molecule has 1 N–H and O–H groups in total. The molecule has 150 valence electrons. The molecule has 0 unspecified atom stereocenters. The Morgan fingerprint density at radius 2 is 1.86 bits per heavy atom. The quantitative estimate of drug-likeness (QED) is 0.630. The second-order valence-corrected chi connectivity index (χ2v) is 7.76. The molecule has 3 amide bonds. The molecule has 3 rings (SSSR count). The van der Waals surface area contributed by atoms with Gasteiger partial charge < -0.3 is 14.8 Å². The SMILES string of the molecule is COc1ccc(/C=C2/SC(=O)N(CC(=O)Nc3ccccc3Br)C2=O)cc1OC. The van der Waals surface area contributed by atoms with Crippen molar-refractivity contribution in [1.29, 1.82) is 0 Å². The van der Waals surface area contributed by atoms with Gasteiger partial charge in [-0.25, -0.2) is 0 Å². The third kappa shape index (κ3) is 4.80. The lowest BCUT2D eigenvalue weighted by Gasteiger charge is -2.13. The minimum Gasteiger partial charge on any atom is -0.493 e. The summed E-state index contributed by atoms with van der Waals surface area (Å²) in [4.78, 5) is 38.3. The van der Waals surface area contributed by atoms with Crippen molar-refractivity contribution >= 4 is 56.5 Å². The summed E-state index contributed by atoms with van der Waals surface area (Å²) < 4.78 is 11.1. The van der Waals surface area contributed by atoms with Gasteiger partial charge in [0.1, 0.15) is 6.54 Å². The molecule has 29 heavy (non-hydrogen) atoms. The number of nitrogens with one attached hydrogen (secondary N) is 1. The average molecular weight is 477 g/mol. The number of benzene rings is 2. The first kappa shape index (κ1) is 20.9. The number of rotatable bonds is 6. The molecule has 7 nitrogen and oxygen atoms in total. The van der Waals surface area contributed by atoms with Crippen LogP contribution in [0.3, 0.4) is 0 Å². The molecule has 2 aromatic carbocycles. The van der Waals surface area contributed by atoms with Crippen LogP contribution in [0.25, 0.3) is 6.08 Å². The van der Waals surface area contributed by atoms with Gasteiger partial charge in [0.25, 0.3) is 11.1 Å². The van der Waals surface area contributed by atoms with E-state index >= 15 is 0 Å². The number of imide groups is 1. The molecule has 9 heteroatoms. The van der Waals surface area contributed by atoms with Crippen molar-refractivity contribution in [2.75, 3.05) is 26.1 Å². The zero-order valence-corrected chi connectivity index (χ0v) is 18.0. The Labute approximate surface area is 180 Å². The van der Waals surface area contributed by atoms with Gasteiger partial charge in [0.2, 0.25) is 5.91 Å². The minimum absolute atomic E-state index is 0.232. The lowest BCUT2D eigenvalue weighted by molar-refractivity contribution is -0.127. The van der Waals surface area contributed by atoms with E-state index in [0.717, 1.165) is 16.7 Å². The van der Waals surface area contributed by atoms with Crippen molar-refractivity contribution in [3.8, 4) is 11.5 Å². The standard InChI is InChI=1S/C20H17BrN2O5S/c1-27-15-8-7-12(9-16(15)28-2)10-17-19(25)23(20(26)29-17)11-18(24)22-14-6-4-3-5-13(14)21/h3-10H,11H2,1-2H3,(H,22,24)/b17-10+. The van der Waals surface area contributed by atoms with Gasteiger partial charge in [-0.3, -0.25) is 19.3 Å². The molecule has 0 radical (unpaired) electrons. The molecular formula is C20H17BrN2O5S. The van der Waals surface area contributed by atoms with Gasteiger partial charge in [-0.2, -0.15) is 0 Å². The number of hydrogen-bond donors (Lipinski definition) is 1. The molecule has 0 aliphatic carbocycles. The summed E-state index contributed by atoms with van der Waals surface area (Å²) in [5.41, 5.74) is 1.23. The summed E-state index contributed by atoms with van der Waals surface area (Å²) in [5, 5.41) is 2.18. The van der Waals surface area contributed by atoms with E-state index in [1.807, 2.05) is 6.07 Å². The second kappa shape index (κ2) is 9.15. The molecule has 0 atom stereocenters. The van der Waals surface area contributed by atoms with Crippen LogP contribution in [0, 0.1) is 0 Å². The van der Waals surface area contributed by atoms with Crippen molar-refractivity contribution in [1.82, 2.24) is 4.90 Å². The number of anilines is 1. The highest BCUT2D eigenvalue weighted by Crippen LogP contribution is 2.34. The number of halogens is 1. The van der Waals surface area contributed by atoms with Gasteiger partial charge in [-0.15, -0.1) is 0 Å². The van der Waals surface area contributed by atoms with Crippen LogP contribution < -0.4 is 14.8 Å². The van der Waals surface area contributed by atoms with Crippen LogP contribution in [0.5, 0.6) is 11.5 Å². The van der Waals surface area contributed by atoms with E-state index in [1.54, 1.807) is 42.5 Å². The number of carbonyl (C=O) groups excluding carboxylic acids is 3. The summed E-state index contributed by atoms with van der Waals surface area (Å²) in [6.07, 6.45) is 1.58. The Balaban J connectivity index is 1.73. The Hall–Kier alpha value is -2.78. The number of para-hydroxylation sites is 1. The van der Waals surface area contributed by atoms with Crippen molar-refractivity contribution < 1.29 is 23.9 Å². The number of nitrogens with zero attached hydrogens (tertiary/aromatic N) is 1. The molecule has 0 bridgehead atoms. The summed E-state index contributed by atoms with van der Waals surface area (Å²) in [6, 6.07) is 12.2. The molecule has 1 aliphatic heterocycles. The Morgan fingerprint density at radius 3 is 2.55 bits per heavy atom. The maximum Gasteiger partial charge on any atom is 0.294 e. The number of hydrogen-bond acceptors (Lipinski definition) is 6. The van der Waals surface area contributed by atoms with E-state index in [1.165, 1.54) is 14.2 Å². The van der Waals surface area contributed by atoms with Crippen molar-refractivity contribution in [3.05, 3.63) is 57.4 Å². The number of methoxy groups -OCH3 is 2. The van der Waals surface area contributed by atoms with E-state index in [2.05, 4.69) is 21.2 Å². The van der Waals surface area contributed by atoms with Crippen LogP contribution >= 0.6 is 27.7 Å². The van der Waals surface area contributed by atoms with Crippen molar-refractivity contribution in [2.45, 2.75) is 0 Å². The molecule has 0 aromatic heterocycles. The zero-order valence-electron chi connectivity index (χ0n) is 15.6. The lowest BCUT2D eigenvalue weighted by atomic mass is 10.2. The smallest absolute Gasteiger partial charge is 0.294 e. The Kier molecular flexibility index (Phi) is 6.60. The Morgan fingerprint density at radius 1 is 1.14 bits per heavy atom. The van der Waals surface area contributed by atoms with E-state index in [4.69, 9.17) is 9.47 Å². The fourth-order valence-corrected chi connectivity index (χ4v) is 3.85. The first-order chi connectivity index (χ1) is 13.9. The first-order valence-corrected chi connectivity index (χ1v) is 10.1. The fourth-order valence-electron chi connectivity index (χ4n) is 2.63. The highest BCUT2D eigenvalue weighted by molar-refractivity contribution is 9.10. The summed E-state index contributed by atoms with van der Waals surface area (Å²) in [5.74, 6) is 0.0819. The zero-order chi connectivity index (χ0) is 21.0. The number of carbonyl (C=O) groups is 3. The van der Waals surface area contributed by atoms with Gasteiger partial charge in [-0.05, 0) is 63.6 Å². The monoisotopic (exact) mass is 476 g/mol. The predicted molar refractivity (Wildman–Crippen MR) is 115 cm³/mol. The predicted octanol–water partition coefficient (Wildman–Crippen LogP) is 4.14. The molecule has 1 saturated heterocycles. The largest absolute Gasteiger partial charge is 0.493 e. The van der Waals surface area contributed by atoms with Crippen molar-refractivity contribution in [3.63, 3.8) is 0 Å². The summed E-state index contributed by atoms with van der Waals surface area (Å²) >= 11 is 4.12. The van der Waals surface area contributed by atoms with Gasteiger partial charge in [-0.1, -0.05) is 18.2 Å². The van der Waals surface area contributed by atoms with Gasteiger partial charge >= 0.3 is 0 Å². The first-order valence-electron chi connectivity index (χ1n) is 8.44. The summed E-state index contributed by atoms with van der Waals surface area (Å²) in [6.45, 7) is -0.366. The van der Waals surface area contributed by atoms with E-state index < -0.39 is 17.1 Å². The number of thioether (sulfide) groups is 1. The highest BCUT2D eigenvalue weighted by Gasteiger charge is 2.36. The fraction of sp³-hybridized carbons (Fsp3) is 0.150. The third-order valence-corrected chi connectivity index (χ3v) is 5.63. The van der Waals surface area contributed by atoms with Crippen LogP contribution in [0.15, 0.2) is 51.8 Å². The van der Waals surface area contributed by atoms with E-state index in [9.17, 15) is 14.4 Å². The molecule has 1 fully saturated rings. The molecule has 2 aromatic rings. The average Bonchev–Trinajstić information content (AvgIpc) is 2.97. The van der Waals surface area contributed by atoms with Crippen LogP contribution in [0.4, 0.5) is 10.5 Å². The highest BCUT2D eigenvalue weighted by atomic mass is 79.9. The molecule has 1 heterocycles. The summed E-state index contributed by atoms with van der Waals surface area (Å²) in [7, 11) is 3.04. The van der Waals surface area contributed by atoms with E-state index in [0.29, 0.717) is 27.2 Å². The van der Waals surface area contributed by atoms with Crippen LogP contribution in [-0.2, 0) is 9.59 Å². The van der Waals surface area contributed by atoms with Crippen LogP contribution in [0.1, 0.15) is 5.56 Å². The molecular weight excluding hydrogens is 460 g/mol. The van der Waals surface area contributed by atoms with Gasteiger partial charge in [0.15, 0.2) is 11.5 Å². The molecule has 0 spiro atoms. The maximum atomic E-state index is 12.6. The molecule has 1 aliphatic rings. The normalized spacial score (nSPS) is 15.0. The molecule has 0 saturated carbocycles. The van der Waals surface area contributed by atoms with E-state index in [-0.39, 0.29) is 11.4 Å². The second-order valence-electron chi connectivity index (χ2n) is 5.91. The maximum absolute atomic E-state index is 12.6. The third-order valence-electron chi connectivity index (χ3n) is 4.03. The minimum atomic E-state index is -0.517.